The number of hydrogen-bond donors (Lipinski definition) is 1. The Balaban J connectivity index is 1.94. The van der Waals surface area contributed by atoms with Crippen molar-refractivity contribution in [3.05, 3.63) is 35.4 Å². The first kappa shape index (κ1) is 16.5. The van der Waals surface area contributed by atoms with Gasteiger partial charge in [0.2, 0.25) is 0 Å². The van der Waals surface area contributed by atoms with Crippen LogP contribution >= 0.6 is 0 Å². The minimum atomic E-state index is 0.110. The van der Waals surface area contributed by atoms with Crippen LogP contribution in [-0.4, -0.2) is 49.6 Å². The first-order valence-corrected chi connectivity index (χ1v) is 8.12. The van der Waals surface area contributed by atoms with Crippen LogP contribution in [0.2, 0.25) is 0 Å². The zero-order chi connectivity index (χ0) is 15.6. The predicted molar refractivity (Wildman–Crippen MR) is 90.5 cm³/mol. The highest BCUT2D eigenvalue weighted by molar-refractivity contribution is 5.26. The van der Waals surface area contributed by atoms with Crippen LogP contribution in [0.5, 0.6) is 0 Å². The Morgan fingerprint density at radius 3 is 2.19 bits per heavy atom. The minimum Gasteiger partial charge on any atom is -0.323 e. The van der Waals surface area contributed by atoms with E-state index in [0.29, 0.717) is 12.0 Å². The maximum absolute atomic E-state index is 6.41. The molecular formula is C18H31N3. The van der Waals surface area contributed by atoms with Gasteiger partial charge < -0.3 is 10.6 Å². The lowest BCUT2D eigenvalue weighted by Gasteiger charge is -2.24. The lowest BCUT2D eigenvalue weighted by atomic mass is 9.99. The van der Waals surface area contributed by atoms with Crippen LogP contribution in [0.4, 0.5) is 0 Å². The average molecular weight is 289 g/mol. The molecule has 2 rings (SSSR count). The number of nitrogens with two attached hydrogens (primary N) is 1. The first-order valence-electron chi connectivity index (χ1n) is 8.12. The number of benzene rings is 1. The van der Waals surface area contributed by atoms with Crippen molar-refractivity contribution in [2.24, 2.45) is 11.7 Å². The SMILES string of the molecule is CC(C)c1ccc(C(N)CN2CC(C)C(N(C)C)C2)cc1. The molecule has 3 atom stereocenters. The van der Waals surface area contributed by atoms with Gasteiger partial charge in [-0.2, -0.15) is 0 Å². The van der Waals surface area contributed by atoms with E-state index in [1.165, 1.54) is 11.1 Å². The van der Waals surface area contributed by atoms with Gasteiger partial charge in [-0.1, -0.05) is 45.0 Å². The molecule has 1 aliphatic heterocycles. The summed E-state index contributed by atoms with van der Waals surface area (Å²) in [7, 11) is 4.35. The summed E-state index contributed by atoms with van der Waals surface area (Å²) < 4.78 is 0. The molecule has 3 unspecified atom stereocenters. The monoisotopic (exact) mass is 289 g/mol. The molecule has 1 saturated heterocycles. The summed E-state index contributed by atoms with van der Waals surface area (Å²) in [6.45, 7) is 10.0. The fourth-order valence-electron chi connectivity index (χ4n) is 3.38. The molecule has 0 radical (unpaired) electrons. The van der Waals surface area contributed by atoms with E-state index >= 15 is 0 Å². The molecule has 3 heteroatoms. The van der Waals surface area contributed by atoms with Gasteiger partial charge in [0.15, 0.2) is 0 Å². The Labute approximate surface area is 130 Å². The largest absolute Gasteiger partial charge is 0.323 e. The summed E-state index contributed by atoms with van der Waals surface area (Å²) in [5.74, 6) is 1.30. The molecule has 2 N–H and O–H groups in total. The molecule has 0 spiro atoms. The van der Waals surface area contributed by atoms with Crippen LogP contribution in [0, 0.1) is 5.92 Å². The van der Waals surface area contributed by atoms with Gasteiger partial charge in [0, 0.05) is 31.7 Å². The van der Waals surface area contributed by atoms with Crippen LogP contribution < -0.4 is 5.73 Å². The van der Waals surface area contributed by atoms with E-state index in [-0.39, 0.29) is 6.04 Å². The molecule has 1 fully saturated rings. The Kier molecular flexibility index (Phi) is 5.42. The third kappa shape index (κ3) is 4.06. The van der Waals surface area contributed by atoms with E-state index < -0.39 is 0 Å². The first-order chi connectivity index (χ1) is 9.88. The van der Waals surface area contributed by atoms with E-state index in [0.717, 1.165) is 25.6 Å². The smallest absolute Gasteiger partial charge is 0.0424 e. The topological polar surface area (TPSA) is 32.5 Å². The minimum absolute atomic E-state index is 0.110. The normalized spacial score (nSPS) is 25.0. The van der Waals surface area contributed by atoms with Crippen molar-refractivity contribution in [3.63, 3.8) is 0 Å². The fourth-order valence-corrected chi connectivity index (χ4v) is 3.38. The van der Waals surface area contributed by atoms with Gasteiger partial charge in [-0.3, -0.25) is 4.90 Å². The van der Waals surface area contributed by atoms with Crippen molar-refractivity contribution in [1.29, 1.82) is 0 Å². The van der Waals surface area contributed by atoms with E-state index in [4.69, 9.17) is 5.73 Å². The number of rotatable bonds is 5. The van der Waals surface area contributed by atoms with Crippen LogP contribution in [0.25, 0.3) is 0 Å². The highest BCUT2D eigenvalue weighted by atomic mass is 15.2. The summed E-state index contributed by atoms with van der Waals surface area (Å²) in [5.41, 5.74) is 9.05. The third-order valence-electron chi connectivity index (χ3n) is 4.80. The lowest BCUT2D eigenvalue weighted by Crippen LogP contribution is -2.36. The second kappa shape index (κ2) is 6.91. The quantitative estimate of drug-likeness (QED) is 0.904. The van der Waals surface area contributed by atoms with Gasteiger partial charge >= 0.3 is 0 Å². The molecule has 0 amide bonds. The van der Waals surface area contributed by atoms with Gasteiger partial charge in [0.05, 0.1) is 0 Å². The summed E-state index contributed by atoms with van der Waals surface area (Å²) >= 11 is 0. The molecule has 1 aromatic rings. The maximum atomic E-state index is 6.41. The molecule has 0 aliphatic carbocycles. The highest BCUT2D eigenvalue weighted by Gasteiger charge is 2.31. The van der Waals surface area contributed by atoms with E-state index in [9.17, 15) is 0 Å². The molecule has 0 bridgehead atoms. The van der Waals surface area contributed by atoms with Gasteiger partial charge in [-0.25, -0.2) is 0 Å². The van der Waals surface area contributed by atoms with Crippen molar-refractivity contribution in [1.82, 2.24) is 9.80 Å². The third-order valence-corrected chi connectivity index (χ3v) is 4.80. The van der Waals surface area contributed by atoms with E-state index in [1.54, 1.807) is 0 Å². The zero-order valence-electron chi connectivity index (χ0n) is 14.2. The molecule has 3 nitrogen and oxygen atoms in total. The Bertz CT molecular complexity index is 438. The van der Waals surface area contributed by atoms with Gasteiger partial charge in [0.25, 0.3) is 0 Å². The number of likely N-dealkylation sites (tertiary alicyclic amines) is 1. The summed E-state index contributed by atoms with van der Waals surface area (Å²) in [6, 6.07) is 9.59. The second-order valence-electron chi connectivity index (χ2n) is 7.15. The number of nitrogens with zero attached hydrogens (tertiary/aromatic N) is 2. The Morgan fingerprint density at radius 2 is 1.71 bits per heavy atom. The van der Waals surface area contributed by atoms with Gasteiger partial charge in [-0.15, -0.1) is 0 Å². The Morgan fingerprint density at radius 1 is 1.14 bits per heavy atom. The average Bonchev–Trinajstić information content (AvgIpc) is 2.79. The zero-order valence-corrected chi connectivity index (χ0v) is 14.2. The summed E-state index contributed by atoms with van der Waals surface area (Å²) in [6.07, 6.45) is 0. The van der Waals surface area contributed by atoms with Crippen molar-refractivity contribution < 1.29 is 0 Å². The van der Waals surface area contributed by atoms with Gasteiger partial charge in [0.1, 0.15) is 0 Å². The molecule has 21 heavy (non-hydrogen) atoms. The standard InChI is InChI=1S/C18H31N3/c1-13(2)15-6-8-16(9-7-15)17(19)11-21-10-14(3)18(12-21)20(4)5/h6-9,13-14,17-18H,10-12,19H2,1-5H3. The van der Waals surface area contributed by atoms with Crippen LogP contribution in [-0.2, 0) is 0 Å². The predicted octanol–water partition coefficient (Wildman–Crippen LogP) is 2.69. The van der Waals surface area contributed by atoms with Gasteiger partial charge in [-0.05, 0) is 37.1 Å². The second-order valence-corrected chi connectivity index (χ2v) is 7.15. The number of hydrogen-bond acceptors (Lipinski definition) is 3. The molecule has 0 saturated carbocycles. The fraction of sp³-hybridized carbons (Fsp3) is 0.667. The molecule has 1 aliphatic rings. The molecule has 1 aromatic carbocycles. The van der Waals surface area contributed by atoms with E-state index in [1.807, 2.05) is 0 Å². The van der Waals surface area contributed by atoms with Crippen molar-refractivity contribution in [3.8, 4) is 0 Å². The summed E-state index contributed by atoms with van der Waals surface area (Å²) in [5, 5.41) is 0. The number of likely N-dealkylation sites (N-methyl/N-ethyl adjacent to an activating group) is 1. The molecule has 118 valence electrons. The van der Waals surface area contributed by atoms with Crippen LogP contribution in [0.1, 0.15) is 43.9 Å². The van der Waals surface area contributed by atoms with Crippen molar-refractivity contribution >= 4 is 0 Å². The van der Waals surface area contributed by atoms with E-state index in [2.05, 4.69) is 68.9 Å². The maximum Gasteiger partial charge on any atom is 0.0424 e. The van der Waals surface area contributed by atoms with Crippen molar-refractivity contribution in [2.75, 3.05) is 33.7 Å². The van der Waals surface area contributed by atoms with Crippen LogP contribution in [0.15, 0.2) is 24.3 Å². The van der Waals surface area contributed by atoms with Crippen molar-refractivity contribution in [2.45, 2.75) is 38.8 Å². The Hall–Kier alpha value is -0.900. The van der Waals surface area contributed by atoms with Crippen LogP contribution in [0.3, 0.4) is 0 Å². The lowest BCUT2D eigenvalue weighted by molar-refractivity contribution is 0.248. The molecule has 1 heterocycles. The highest BCUT2D eigenvalue weighted by Crippen LogP contribution is 2.23. The molecular weight excluding hydrogens is 258 g/mol. The molecule has 0 aromatic heterocycles. The summed E-state index contributed by atoms with van der Waals surface area (Å²) in [4.78, 5) is 4.85.